The number of methoxy groups -OCH3 is 1. The average molecular weight is 306 g/mol. The van der Waals surface area contributed by atoms with Crippen molar-refractivity contribution < 1.29 is 14.3 Å². The molecule has 0 aliphatic carbocycles. The van der Waals surface area contributed by atoms with Crippen molar-refractivity contribution in [3.63, 3.8) is 0 Å². The van der Waals surface area contributed by atoms with Crippen molar-refractivity contribution in [1.82, 2.24) is 0 Å². The van der Waals surface area contributed by atoms with Gasteiger partial charge in [0.25, 0.3) is 0 Å². The molecule has 0 saturated heterocycles. The molecule has 2 aromatic rings. The largest absolute Gasteiger partial charge is 0.487 e. The van der Waals surface area contributed by atoms with E-state index in [1.807, 2.05) is 36.4 Å². The van der Waals surface area contributed by atoms with Crippen molar-refractivity contribution in [2.45, 2.75) is 6.61 Å². The van der Waals surface area contributed by atoms with Crippen molar-refractivity contribution in [3.8, 4) is 5.75 Å². The summed E-state index contributed by atoms with van der Waals surface area (Å²) in [5.74, 6) is 0.606. The number of hydrogen-bond donors (Lipinski definition) is 0. The Kier molecular flexibility index (Phi) is 5.06. The number of carbonyl (C=O) groups excluding carboxylic acids is 1. The van der Waals surface area contributed by atoms with Crippen LogP contribution in [-0.4, -0.2) is 20.3 Å². The van der Waals surface area contributed by atoms with Crippen LogP contribution in [0.5, 0.6) is 5.75 Å². The fourth-order valence-electron chi connectivity index (χ4n) is 1.91. The van der Waals surface area contributed by atoms with Gasteiger partial charge in [0.2, 0.25) is 0 Å². The molecule has 0 N–H and O–H groups in total. The number of nitrogens with zero attached hydrogens (tertiary/aromatic N) is 1. The Hall–Kier alpha value is -2.20. The Labute approximate surface area is 128 Å². The Balaban J connectivity index is 2.17. The fraction of sp³-hybridized carbons (Fsp3) is 0.188. The molecule has 2 aromatic carbocycles. The maximum Gasteiger partial charge on any atom is 0.413 e. The van der Waals surface area contributed by atoms with Crippen LogP contribution >= 0.6 is 11.6 Å². The predicted molar refractivity (Wildman–Crippen MR) is 83.0 cm³/mol. The van der Waals surface area contributed by atoms with E-state index in [9.17, 15) is 4.79 Å². The number of para-hydroxylation sites is 2. The van der Waals surface area contributed by atoms with Crippen LogP contribution in [0.25, 0.3) is 0 Å². The summed E-state index contributed by atoms with van der Waals surface area (Å²) in [5.41, 5.74) is 1.60. The van der Waals surface area contributed by atoms with Crippen LogP contribution in [0.15, 0.2) is 48.5 Å². The first kappa shape index (κ1) is 15.2. The van der Waals surface area contributed by atoms with Gasteiger partial charge in [0.05, 0.1) is 17.8 Å². The summed E-state index contributed by atoms with van der Waals surface area (Å²) < 4.78 is 10.4. The molecule has 0 saturated carbocycles. The molecule has 0 unspecified atom stereocenters. The molecule has 1 amide bonds. The molecule has 4 nitrogen and oxygen atoms in total. The van der Waals surface area contributed by atoms with Gasteiger partial charge in [0.1, 0.15) is 12.4 Å². The van der Waals surface area contributed by atoms with E-state index in [0.717, 1.165) is 11.3 Å². The monoisotopic (exact) mass is 305 g/mol. The minimum absolute atomic E-state index is 0.307. The molecular formula is C16H16ClNO3. The van der Waals surface area contributed by atoms with Crippen LogP contribution in [0.4, 0.5) is 10.5 Å². The highest BCUT2D eigenvalue weighted by atomic mass is 35.5. The van der Waals surface area contributed by atoms with Crippen LogP contribution < -0.4 is 9.64 Å². The maximum atomic E-state index is 11.6. The summed E-state index contributed by atoms with van der Waals surface area (Å²) >= 11 is 6.06. The van der Waals surface area contributed by atoms with Gasteiger partial charge in [-0.05, 0) is 18.2 Å². The van der Waals surface area contributed by atoms with E-state index in [2.05, 4.69) is 0 Å². The molecule has 2 rings (SSSR count). The van der Waals surface area contributed by atoms with Gasteiger partial charge in [0.15, 0.2) is 0 Å². The van der Waals surface area contributed by atoms with Crippen molar-refractivity contribution >= 4 is 23.4 Å². The fourth-order valence-corrected chi connectivity index (χ4v) is 2.10. The maximum absolute atomic E-state index is 11.6. The highest BCUT2D eigenvalue weighted by molar-refractivity contribution is 6.32. The average Bonchev–Trinajstić information content (AvgIpc) is 2.53. The van der Waals surface area contributed by atoms with E-state index in [0.29, 0.717) is 17.4 Å². The van der Waals surface area contributed by atoms with Gasteiger partial charge in [-0.15, -0.1) is 0 Å². The summed E-state index contributed by atoms with van der Waals surface area (Å²) in [5, 5.41) is 0.552. The van der Waals surface area contributed by atoms with Gasteiger partial charge in [-0.2, -0.15) is 0 Å². The Morgan fingerprint density at radius 3 is 2.52 bits per heavy atom. The molecular weight excluding hydrogens is 290 g/mol. The Morgan fingerprint density at radius 1 is 1.14 bits per heavy atom. The third-order valence-corrected chi connectivity index (χ3v) is 3.33. The zero-order valence-electron chi connectivity index (χ0n) is 11.9. The second-order valence-corrected chi connectivity index (χ2v) is 4.78. The van der Waals surface area contributed by atoms with Gasteiger partial charge in [-0.1, -0.05) is 41.9 Å². The lowest BCUT2D eigenvalue weighted by molar-refractivity contribution is 0.180. The van der Waals surface area contributed by atoms with Gasteiger partial charge >= 0.3 is 6.09 Å². The first-order chi connectivity index (χ1) is 10.1. The second kappa shape index (κ2) is 6.99. The van der Waals surface area contributed by atoms with E-state index in [1.165, 1.54) is 12.0 Å². The van der Waals surface area contributed by atoms with Crippen LogP contribution in [0, 0.1) is 0 Å². The zero-order chi connectivity index (χ0) is 15.2. The number of carbonyl (C=O) groups is 1. The van der Waals surface area contributed by atoms with Gasteiger partial charge in [0, 0.05) is 12.6 Å². The first-order valence-corrected chi connectivity index (χ1v) is 6.78. The highest BCUT2D eigenvalue weighted by Crippen LogP contribution is 2.26. The normalized spacial score (nSPS) is 10.0. The van der Waals surface area contributed by atoms with Crippen LogP contribution in [0.3, 0.4) is 0 Å². The lowest BCUT2D eigenvalue weighted by Gasteiger charge is -2.19. The zero-order valence-corrected chi connectivity index (χ0v) is 12.6. The first-order valence-electron chi connectivity index (χ1n) is 6.40. The molecule has 0 aliphatic heterocycles. The summed E-state index contributed by atoms with van der Waals surface area (Å²) in [7, 11) is 3.00. The molecule has 21 heavy (non-hydrogen) atoms. The molecule has 0 aromatic heterocycles. The smallest absolute Gasteiger partial charge is 0.413 e. The molecule has 0 atom stereocenters. The van der Waals surface area contributed by atoms with Crippen molar-refractivity contribution in [2.24, 2.45) is 0 Å². The summed E-state index contributed by atoms with van der Waals surface area (Å²) in [6.07, 6.45) is -0.430. The van der Waals surface area contributed by atoms with Gasteiger partial charge in [-0.3, -0.25) is 4.90 Å². The molecule has 5 heteroatoms. The third-order valence-electron chi connectivity index (χ3n) is 3.02. The van der Waals surface area contributed by atoms with Crippen molar-refractivity contribution in [3.05, 3.63) is 59.1 Å². The standard InChI is InChI=1S/C16H16ClNO3/c1-18(16(19)20-2)14-9-5-3-7-12(14)11-21-15-10-6-4-8-13(15)17/h3-10H,11H2,1-2H3. The number of ether oxygens (including phenoxy) is 2. The summed E-state index contributed by atoms with van der Waals surface area (Å²) in [6.45, 7) is 0.307. The number of benzene rings is 2. The minimum Gasteiger partial charge on any atom is -0.487 e. The van der Waals surface area contributed by atoms with Crippen LogP contribution in [-0.2, 0) is 11.3 Å². The number of amides is 1. The number of rotatable bonds is 4. The number of anilines is 1. The Bertz CT molecular complexity index is 630. The van der Waals surface area contributed by atoms with E-state index < -0.39 is 6.09 Å². The number of halogens is 1. The third kappa shape index (κ3) is 3.67. The molecule has 110 valence electrons. The van der Waals surface area contributed by atoms with E-state index >= 15 is 0 Å². The molecule has 0 heterocycles. The SMILES string of the molecule is COC(=O)N(C)c1ccccc1COc1ccccc1Cl. The lowest BCUT2D eigenvalue weighted by atomic mass is 10.2. The van der Waals surface area contributed by atoms with Crippen molar-refractivity contribution in [1.29, 1.82) is 0 Å². The lowest BCUT2D eigenvalue weighted by Crippen LogP contribution is -2.27. The molecule has 0 spiro atoms. The van der Waals surface area contributed by atoms with E-state index in [1.54, 1.807) is 19.2 Å². The van der Waals surface area contributed by atoms with E-state index in [4.69, 9.17) is 21.1 Å². The molecule has 0 radical (unpaired) electrons. The van der Waals surface area contributed by atoms with Gasteiger partial charge in [-0.25, -0.2) is 4.79 Å². The minimum atomic E-state index is -0.430. The topological polar surface area (TPSA) is 38.8 Å². The Morgan fingerprint density at radius 2 is 1.81 bits per heavy atom. The van der Waals surface area contributed by atoms with Crippen molar-refractivity contribution in [2.75, 3.05) is 19.1 Å². The summed E-state index contributed by atoms with van der Waals surface area (Å²) in [6, 6.07) is 14.7. The van der Waals surface area contributed by atoms with Gasteiger partial charge < -0.3 is 9.47 Å². The predicted octanol–water partition coefficient (Wildman–Crippen LogP) is 4.12. The highest BCUT2D eigenvalue weighted by Gasteiger charge is 2.14. The quantitative estimate of drug-likeness (QED) is 0.853. The molecule has 0 bridgehead atoms. The van der Waals surface area contributed by atoms with Crippen LogP contribution in [0.2, 0.25) is 5.02 Å². The summed E-state index contributed by atoms with van der Waals surface area (Å²) in [4.78, 5) is 13.1. The second-order valence-electron chi connectivity index (χ2n) is 4.38. The molecule has 0 aliphatic rings. The molecule has 0 fully saturated rings. The van der Waals surface area contributed by atoms with Crippen LogP contribution in [0.1, 0.15) is 5.56 Å². The van der Waals surface area contributed by atoms with E-state index in [-0.39, 0.29) is 0 Å². The number of hydrogen-bond acceptors (Lipinski definition) is 3.